The molecular formula is C21H16BrN3O2. The number of ketones is 2. The second-order valence-electron chi connectivity index (χ2n) is 6.23. The van der Waals surface area contributed by atoms with Gasteiger partial charge in [-0.05, 0) is 46.3 Å². The number of anilines is 4. The lowest BCUT2D eigenvalue weighted by atomic mass is 9.82. The van der Waals surface area contributed by atoms with E-state index in [2.05, 4.69) is 26.6 Å². The number of carbonyl (C=O) groups excluding carboxylic acids is 2. The molecule has 6 heteroatoms. The lowest BCUT2D eigenvalue weighted by molar-refractivity contribution is 0.0980. The molecule has 3 aromatic rings. The Morgan fingerprint density at radius 1 is 0.889 bits per heavy atom. The zero-order valence-electron chi connectivity index (χ0n) is 14.5. The van der Waals surface area contributed by atoms with Crippen molar-refractivity contribution >= 4 is 50.2 Å². The van der Waals surface area contributed by atoms with E-state index in [1.807, 2.05) is 12.1 Å². The molecule has 4 N–H and O–H groups in total. The SMILES string of the molecule is CNc1c(Br)cc(Nc2ccc(N)cc2)c2c1C(=O)c1ccccc1C2=O. The topological polar surface area (TPSA) is 84.2 Å². The average Bonchev–Trinajstić information content (AvgIpc) is 2.67. The van der Waals surface area contributed by atoms with Crippen molar-refractivity contribution in [3.63, 3.8) is 0 Å². The van der Waals surface area contributed by atoms with E-state index < -0.39 is 0 Å². The van der Waals surface area contributed by atoms with Crippen LogP contribution in [0.2, 0.25) is 0 Å². The fourth-order valence-corrected chi connectivity index (χ4v) is 3.95. The number of rotatable bonds is 3. The predicted molar refractivity (Wildman–Crippen MR) is 111 cm³/mol. The monoisotopic (exact) mass is 421 g/mol. The molecule has 0 aliphatic heterocycles. The smallest absolute Gasteiger partial charge is 0.196 e. The van der Waals surface area contributed by atoms with E-state index in [9.17, 15) is 9.59 Å². The highest BCUT2D eigenvalue weighted by Crippen LogP contribution is 2.41. The van der Waals surface area contributed by atoms with Gasteiger partial charge in [0, 0.05) is 34.0 Å². The van der Waals surface area contributed by atoms with Crippen LogP contribution in [-0.2, 0) is 0 Å². The molecule has 0 aromatic heterocycles. The van der Waals surface area contributed by atoms with Crippen LogP contribution in [0.1, 0.15) is 31.8 Å². The minimum absolute atomic E-state index is 0.175. The van der Waals surface area contributed by atoms with Gasteiger partial charge in [-0.1, -0.05) is 24.3 Å². The molecule has 0 saturated heterocycles. The molecule has 1 aliphatic rings. The first kappa shape index (κ1) is 17.3. The molecule has 0 heterocycles. The van der Waals surface area contributed by atoms with E-state index in [0.29, 0.717) is 43.8 Å². The van der Waals surface area contributed by atoms with E-state index in [4.69, 9.17) is 5.73 Å². The van der Waals surface area contributed by atoms with Crippen LogP contribution < -0.4 is 16.4 Å². The Morgan fingerprint density at radius 3 is 2.07 bits per heavy atom. The average molecular weight is 422 g/mol. The third-order valence-electron chi connectivity index (χ3n) is 4.59. The lowest BCUT2D eigenvalue weighted by Crippen LogP contribution is -2.23. The summed E-state index contributed by atoms with van der Waals surface area (Å²) < 4.78 is 0.697. The van der Waals surface area contributed by atoms with Crippen molar-refractivity contribution in [1.29, 1.82) is 0 Å². The predicted octanol–water partition coefficient (Wildman–Crippen LogP) is 4.59. The molecule has 0 radical (unpaired) electrons. The number of benzene rings is 3. The summed E-state index contributed by atoms with van der Waals surface area (Å²) in [6.45, 7) is 0. The van der Waals surface area contributed by atoms with Crippen LogP contribution in [0.15, 0.2) is 59.1 Å². The minimum atomic E-state index is -0.179. The fourth-order valence-electron chi connectivity index (χ4n) is 3.33. The van der Waals surface area contributed by atoms with Crippen LogP contribution in [-0.4, -0.2) is 18.6 Å². The zero-order valence-corrected chi connectivity index (χ0v) is 16.1. The summed E-state index contributed by atoms with van der Waals surface area (Å²) in [7, 11) is 1.73. The van der Waals surface area contributed by atoms with Gasteiger partial charge in [-0.2, -0.15) is 0 Å². The Labute approximate surface area is 164 Å². The van der Waals surface area contributed by atoms with Crippen molar-refractivity contribution in [3.05, 3.63) is 81.3 Å². The minimum Gasteiger partial charge on any atom is -0.399 e. The lowest BCUT2D eigenvalue weighted by Gasteiger charge is -2.24. The maximum absolute atomic E-state index is 13.2. The number of nitrogens with two attached hydrogens (primary N) is 1. The molecule has 3 aromatic carbocycles. The molecule has 27 heavy (non-hydrogen) atoms. The van der Waals surface area contributed by atoms with Gasteiger partial charge in [-0.25, -0.2) is 0 Å². The number of carbonyl (C=O) groups is 2. The summed E-state index contributed by atoms with van der Waals surface area (Å²) in [6.07, 6.45) is 0. The van der Waals surface area contributed by atoms with Crippen molar-refractivity contribution in [2.75, 3.05) is 23.4 Å². The maximum atomic E-state index is 13.2. The molecule has 0 amide bonds. The van der Waals surface area contributed by atoms with Crippen LogP contribution in [0, 0.1) is 0 Å². The molecule has 0 unspecified atom stereocenters. The van der Waals surface area contributed by atoms with E-state index in [1.165, 1.54) is 0 Å². The molecule has 0 fully saturated rings. The third kappa shape index (κ3) is 2.78. The van der Waals surface area contributed by atoms with Gasteiger partial charge in [0.1, 0.15) is 0 Å². The number of hydrogen-bond acceptors (Lipinski definition) is 5. The van der Waals surface area contributed by atoms with Gasteiger partial charge in [-0.15, -0.1) is 0 Å². The fraction of sp³-hybridized carbons (Fsp3) is 0.0476. The Kier molecular flexibility index (Phi) is 4.20. The summed E-state index contributed by atoms with van der Waals surface area (Å²) in [5.74, 6) is -0.353. The highest BCUT2D eigenvalue weighted by Gasteiger charge is 2.34. The number of fused-ring (bicyclic) bond motifs is 2. The van der Waals surface area contributed by atoms with E-state index in [0.717, 1.165) is 5.69 Å². The summed E-state index contributed by atoms with van der Waals surface area (Å²) in [4.78, 5) is 26.4. The number of nitrogens with one attached hydrogen (secondary N) is 2. The van der Waals surface area contributed by atoms with Crippen LogP contribution >= 0.6 is 15.9 Å². The van der Waals surface area contributed by atoms with Gasteiger partial charge in [0.15, 0.2) is 11.6 Å². The summed E-state index contributed by atoms with van der Waals surface area (Å²) >= 11 is 3.51. The standard InChI is InChI=1S/C21H16BrN3O2/c1-24-19-15(22)10-16(25-12-8-6-11(23)7-9-12)17-18(19)21(27)14-5-3-2-4-13(14)20(17)26/h2-10,24-25H,23H2,1H3. The molecule has 134 valence electrons. The second-order valence-corrected chi connectivity index (χ2v) is 7.09. The van der Waals surface area contributed by atoms with Crippen molar-refractivity contribution in [2.24, 2.45) is 0 Å². The summed E-state index contributed by atoms with van der Waals surface area (Å²) in [5, 5.41) is 6.29. The Balaban J connectivity index is 1.95. The molecule has 1 aliphatic carbocycles. The van der Waals surface area contributed by atoms with Crippen molar-refractivity contribution in [1.82, 2.24) is 0 Å². The van der Waals surface area contributed by atoms with Gasteiger partial charge < -0.3 is 16.4 Å². The van der Waals surface area contributed by atoms with Crippen molar-refractivity contribution in [3.8, 4) is 0 Å². The van der Waals surface area contributed by atoms with Gasteiger partial charge >= 0.3 is 0 Å². The van der Waals surface area contributed by atoms with Crippen LogP contribution in [0.4, 0.5) is 22.7 Å². The molecule has 0 spiro atoms. The highest BCUT2D eigenvalue weighted by atomic mass is 79.9. The first-order valence-corrected chi connectivity index (χ1v) is 9.15. The molecule has 5 nitrogen and oxygen atoms in total. The zero-order chi connectivity index (χ0) is 19.1. The second kappa shape index (κ2) is 6.55. The molecule has 4 rings (SSSR count). The van der Waals surface area contributed by atoms with Crippen molar-refractivity contribution < 1.29 is 9.59 Å². The van der Waals surface area contributed by atoms with Crippen molar-refractivity contribution in [2.45, 2.75) is 0 Å². The third-order valence-corrected chi connectivity index (χ3v) is 5.21. The van der Waals surface area contributed by atoms with Crippen LogP contribution in [0.3, 0.4) is 0 Å². The Bertz CT molecular complexity index is 1090. The molecule has 0 atom stereocenters. The summed E-state index contributed by atoms with van der Waals surface area (Å²) in [5.41, 5.74) is 9.89. The van der Waals surface area contributed by atoms with Gasteiger partial charge in [0.2, 0.25) is 0 Å². The quantitative estimate of drug-likeness (QED) is 0.421. The van der Waals surface area contributed by atoms with Crippen LogP contribution in [0.5, 0.6) is 0 Å². The van der Waals surface area contributed by atoms with E-state index >= 15 is 0 Å². The number of nitrogen functional groups attached to an aromatic ring is 1. The Morgan fingerprint density at radius 2 is 1.48 bits per heavy atom. The molecule has 0 saturated carbocycles. The first-order valence-electron chi connectivity index (χ1n) is 8.36. The Hall–Kier alpha value is -3.12. The maximum Gasteiger partial charge on any atom is 0.196 e. The normalized spacial score (nSPS) is 12.4. The molecular weight excluding hydrogens is 406 g/mol. The van der Waals surface area contributed by atoms with Gasteiger partial charge in [0.05, 0.1) is 22.5 Å². The highest BCUT2D eigenvalue weighted by molar-refractivity contribution is 9.10. The number of hydrogen-bond donors (Lipinski definition) is 3. The van der Waals surface area contributed by atoms with E-state index in [1.54, 1.807) is 49.5 Å². The largest absolute Gasteiger partial charge is 0.399 e. The summed E-state index contributed by atoms with van der Waals surface area (Å²) in [6, 6.07) is 15.9. The number of halogens is 1. The van der Waals surface area contributed by atoms with Gasteiger partial charge in [0.25, 0.3) is 0 Å². The van der Waals surface area contributed by atoms with E-state index in [-0.39, 0.29) is 11.6 Å². The first-order chi connectivity index (χ1) is 13.0. The van der Waals surface area contributed by atoms with Crippen LogP contribution in [0.25, 0.3) is 0 Å². The molecule has 0 bridgehead atoms. The van der Waals surface area contributed by atoms with Gasteiger partial charge in [-0.3, -0.25) is 9.59 Å².